The average Bonchev–Trinajstić information content (AvgIpc) is 3.38. The zero-order valence-electron chi connectivity index (χ0n) is 14.6. The molecule has 1 aliphatic heterocycles. The first-order valence-corrected chi connectivity index (χ1v) is 11.0. The predicted molar refractivity (Wildman–Crippen MR) is 99.7 cm³/mol. The molecule has 0 saturated heterocycles. The first-order chi connectivity index (χ1) is 12.7. The van der Waals surface area contributed by atoms with Crippen LogP contribution in [0.15, 0.2) is 32.6 Å². The summed E-state index contributed by atoms with van der Waals surface area (Å²) in [7, 11) is 0. The third-order valence-electron chi connectivity index (χ3n) is 6.13. The molecule has 2 saturated carbocycles. The van der Waals surface area contributed by atoms with Crippen LogP contribution < -0.4 is 4.87 Å². The molecule has 5 unspecified atom stereocenters. The van der Waals surface area contributed by atoms with E-state index in [1.54, 1.807) is 17.8 Å². The van der Waals surface area contributed by atoms with Crippen LogP contribution in [0.4, 0.5) is 0 Å². The van der Waals surface area contributed by atoms with Crippen molar-refractivity contribution in [2.45, 2.75) is 48.9 Å². The van der Waals surface area contributed by atoms with Crippen molar-refractivity contribution in [1.82, 2.24) is 4.57 Å². The second-order valence-electron chi connectivity index (χ2n) is 7.41. The maximum Gasteiger partial charge on any atom is 0.326 e. The van der Waals surface area contributed by atoms with Crippen LogP contribution in [0.1, 0.15) is 42.7 Å². The second-order valence-corrected chi connectivity index (χ2v) is 9.57. The van der Waals surface area contributed by atoms with Crippen molar-refractivity contribution in [3.8, 4) is 0 Å². The van der Waals surface area contributed by atoms with Gasteiger partial charge in [0.05, 0.1) is 28.7 Å². The molecule has 7 heteroatoms. The van der Waals surface area contributed by atoms with Gasteiger partial charge in [0, 0.05) is 5.25 Å². The summed E-state index contributed by atoms with van der Waals surface area (Å²) in [6.07, 6.45) is 5.58. The van der Waals surface area contributed by atoms with Gasteiger partial charge in [0.15, 0.2) is 0 Å². The summed E-state index contributed by atoms with van der Waals surface area (Å²) >= 11 is 3.10. The number of rotatable bonds is 4. The number of hydrogen-bond donors (Lipinski definition) is 0. The molecule has 3 heterocycles. The van der Waals surface area contributed by atoms with E-state index in [1.807, 2.05) is 23.9 Å². The minimum Gasteiger partial charge on any atom is -0.469 e. The highest BCUT2D eigenvalue weighted by atomic mass is 32.2. The van der Waals surface area contributed by atoms with Gasteiger partial charge in [0.25, 0.3) is 0 Å². The number of nitrogens with zero attached hydrogens (tertiary/aromatic N) is 1. The Bertz CT molecular complexity index is 884. The molecule has 2 aromatic heterocycles. The molecule has 3 aliphatic rings. The van der Waals surface area contributed by atoms with Crippen LogP contribution in [0, 0.1) is 17.8 Å². The Morgan fingerprint density at radius 2 is 2.23 bits per heavy atom. The van der Waals surface area contributed by atoms with E-state index < -0.39 is 0 Å². The third-order valence-corrected chi connectivity index (χ3v) is 8.96. The Hall–Kier alpha value is -1.47. The molecule has 0 amide bonds. The molecule has 0 spiro atoms. The number of furan rings is 1. The fourth-order valence-electron chi connectivity index (χ4n) is 5.21. The lowest BCUT2D eigenvalue weighted by Crippen LogP contribution is -2.34. The van der Waals surface area contributed by atoms with Crippen LogP contribution in [0.25, 0.3) is 0 Å². The molecule has 5 atom stereocenters. The largest absolute Gasteiger partial charge is 0.469 e. The Balaban J connectivity index is 1.60. The number of fused-ring (bicyclic) bond motifs is 6. The van der Waals surface area contributed by atoms with Crippen molar-refractivity contribution in [1.29, 1.82) is 0 Å². The van der Waals surface area contributed by atoms with Gasteiger partial charge in [-0.2, -0.15) is 0 Å². The first kappa shape index (κ1) is 16.7. The first-order valence-electron chi connectivity index (χ1n) is 9.26. The Labute approximate surface area is 159 Å². The lowest BCUT2D eigenvalue weighted by molar-refractivity contribution is -0.144. The topological polar surface area (TPSA) is 61.4 Å². The molecule has 2 aromatic rings. The highest BCUT2D eigenvalue weighted by molar-refractivity contribution is 8.00. The molecule has 138 valence electrons. The zero-order chi connectivity index (χ0) is 17.8. The average molecular weight is 392 g/mol. The normalized spacial score (nSPS) is 31.7. The van der Waals surface area contributed by atoms with E-state index in [2.05, 4.69) is 0 Å². The molecular weight excluding hydrogens is 370 g/mol. The molecular formula is C19H21NO4S2. The van der Waals surface area contributed by atoms with Crippen molar-refractivity contribution in [3.63, 3.8) is 0 Å². The van der Waals surface area contributed by atoms with Crippen molar-refractivity contribution in [3.05, 3.63) is 38.7 Å². The molecule has 5 nitrogen and oxygen atoms in total. The number of thiazole rings is 1. The Morgan fingerprint density at radius 1 is 1.38 bits per heavy atom. The van der Waals surface area contributed by atoms with Gasteiger partial charge in [0.1, 0.15) is 12.3 Å². The van der Waals surface area contributed by atoms with Gasteiger partial charge in [-0.05, 0) is 56.1 Å². The summed E-state index contributed by atoms with van der Waals surface area (Å²) in [4.78, 5) is 25.7. The zero-order valence-corrected chi connectivity index (χ0v) is 16.2. The van der Waals surface area contributed by atoms with Crippen LogP contribution >= 0.6 is 23.1 Å². The Kier molecular flexibility index (Phi) is 4.05. The quantitative estimate of drug-likeness (QED) is 0.744. The van der Waals surface area contributed by atoms with Crippen molar-refractivity contribution in [2.24, 2.45) is 17.8 Å². The number of carbonyl (C=O) groups excluding carboxylic acids is 1. The van der Waals surface area contributed by atoms with Crippen LogP contribution in [0.3, 0.4) is 0 Å². The maximum atomic E-state index is 12.7. The molecule has 0 aromatic carbocycles. The smallest absolute Gasteiger partial charge is 0.326 e. The lowest BCUT2D eigenvalue weighted by atomic mass is 9.77. The van der Waals surface area contributed by atoms with Gasteiger partial charge < -0.3 is 9.15 Å². The molecule has 5 rings (SSSR count). The molecule has 2 bridgehead atoms. The molecule has 2 fully saturated rings. The fraction of sp³-hybridized carbons (Fsp3) is 0.579. The van der Waals surface area contributed by atoms with E-state index in [0.717, 1.165) is 21.6 Å². The van der Waals surface area contributed by atoms with Gasteiger partial charge in [-0.25, -0.2) is 0 Å². The lowest BCUT2D eigenvalue weighted by Gasteiger charge is -2.39. The highest BCUT2D eigenvalue weighted by Crippen LogP contribution is 2.63. The van der Waals surface area contributed by atoms with Crippen LogP contribution in [-0.4, -0.2) is 22.4 Å². The van der Waals surface area contributed by atoms with Crippen molar-refractivity contribution >= 4 is 29.1 Å². The summed E-state index contributed by atoms with van der Waals surface area (Å²) in [6.45, 7) is 2.11. The monoisotopic (exact) mass is 391 g/mol. The van der Waals surface area contributed by atoms with Crippen LogP contribution in [0.2, 0.25) is 0 Å². The van der Waals surface area contributed by atoms with Crippen molar-refractivity contribution < 1.29 is 13.9 Å². The van der Waals surface area contributed by atoms with Crippen molar-refractivity contribution in [2.75, 3.05) is 6.61 Å². The van der Waals surface area contributed by atoms with Gasteiger partial charge in [-0.3, -0.25) is 14.2 Å². The fourth-order valence-corrected chi connectivity index (χ4v) is 8.34. The number of ether oxygens (including phenoxy) is 1. The summed E-state index contributed by atoms with van der Waals surface area (Å²) in [6, 6.07) is 3.96. The second kappa shape index (κ2) is 6.30. The number of aromatic nitrogens is 1. The molecule has 26 heavy (non-hydrogen) atoms. The standard InChI is InChI=1S/C19H21NO4S2/c1-2-23-13(21)9-20-18-17(26-19(20)22)15(12-4-3-7-24-12)14-10-5-6-11(8-10)16(14)25-18/h3-4,7,10-11,14-16H,2,5-6,8-9H2,1H3. The van der Waals surface area contributed by atoms with E-state index >= 15 is 0 Å². The van der Waals surface area contributed by atoms with Gasteiger partial charge >= 0.3 is 10.8 Å². The number of carbonyl (C=O) groups is 1. The predicted octanol–water partition coefficient (Wildman–Crippen LogP) is 3.72. The minimum atomic E-state index is -0.347. The molecule has 2 aliphatic carbocycles. The van der Waals surface area contributed by atoms with Gasteiger partial charge in [0.2, 0.25) is 0 Å². The van der Waals surface area contributed by atoms with E-state index in [1.165, 1.54) is 30.6 Å². The Morgan fingerprint density at radius 3 is 3.00 bits per heavy atom. The summed E-state index contributed by atoms with van der Waals surface area (Å²) in [5.74, 6) is 2.72. The van der Waals surface area contributed by atoms with E-state index in [4.69, 9.17) is 9.15 Å². The molecule has 0 N–H and O–H groups in total. The maximum absolute atomic E-state index is 12.7. The van der Waals surface area contributed by atoms with Gasteiger partial charge in [-0.1, -0.05) is 11.3 Å². The molecule has 0 radical (unpaired) electrons. The van der Waals surface area contributed by atoms with E-state index in [-0.39, 0.29) is 23.3 Å². The minimum absolute atomic E-state index is 0.00185. The van der Waals surface area contributed by atoms with Crippen LogP contribution in [-0.2, 0) is 16.1 Å². The highest BCUT2D eigenvalue weighted by Gasteiger charge is 2.55. The number of hydrogen-bond acceptors (Lipinski definition) is 6. The van der Waals surface area contributed by atoms with E-state index in [9.17, 15) is 9.59 Å². The summed E-state index contributed by atoms with van der Waals surface area (Å²) in [5, 5.41) is 1.47. The number of thioether (sulfide) groups is 1. The number of esters is 1. The summed E-state index contributed by atoms with van der Waals surface area (Å²) < 4.78 is 12.5. The SMILES string of the molecule is CCOC(=O)Cn1c2c(sc1=O)C(c1ccco1)C1C3CCC(C3)C1S2. The summed E-state index contributed by atoms with van der Waals surface area (Å²) in [5.41, 5.74) is 0. The van der Waals surface area contributed by atoms with Crippen LogP contribution in [0.5, 0.6) is 0 Å². The third kappa shape index (κ3) is 2.43. The van der Waals surface area contributed by atoms with Gasteiger partial charge in [-0.15, -0.1) is 11.8 Å². The van der Waals surface area contributed by atoms with E-state index in [0.29, 0.717) is 23.7 Å².